The van der Waals surface area contributed by atoms with E-state index in [4.69, 9.17) is 5.73 Å². The quantitative estimate of drug-likeness (QED) is 0.471. The Labute approximate surface area is 141 Å². The molecule has 7 nitrogen and oxygen atoms in total. The van der Waals surface area contributed by atoms with Crippen molar-refractivity contribution in [3.05, 3.63) is 65.7 Å². The number of hydrogen-bond donors (Lipinski definition) is 2. The van der Waals surface area contributed by atoms with Gasteiger partial charge in [0.25, 0.3) is 5.96 Å². The molecule has 3 N–H and O–H groups in total. The number of oxime groups is 1. The first-order valence-electron chi connectivity index (χ1n) is 7.12. The van der Waals surface area contributed by atoms with E-state index in [-0.39, 0.29) is 10.9 Å². The van der Waals surface area contributed by atoms with Gasteiger partial charge >= 0.3 is 10.1 Å². The van der Waals surface area contributed by atoms with Crippen LogP contribution in [0.2, 0.25) is 0 Å². The molecule has 0 amide bonds. The number of benzene rings is 2. The summed E-state index contributed by atoms with van der Waals surface area (Å²) in [7, 11) is -4.01. The molecule has 0 fully saturated rings. The van der Waals surface area contributed by atoms with E-state index in [1.807, 2.05) is 37.3 Å². The highest BCUT2D eigenvalue weighted by molar-refractivity contribution is 7.86. The first-order chi connectivity index (χ1) is 11.5. The Bertz CT molecular complexity index is 816. The van der Waals surface area contributed by atoms with Crippen molar-refractivity contribution in [3.8, 4) is 0 Å². The van der Waals surface area contributed by atoms with Crippen LogP contribution in [0.15, 0.2) is 69.7 Å². The van der Waals surface area contributed by atoms with Gasteiger partial charge in [0.05, 0.1) is 0 Å². The van der Waals surface area contributed by atoms with Gasteiger partial charge in [-0.25, -0.2) is 5.43 Å². The Balaban J connectivity index is 1.88. The van der Waals surface area contributed by atoms with Gasteiger partial charge in [0.1, 0.15) is 4.90 Å². The van der Waals surface area contributed by atoms with E-state index >= 15 is 0 Å². The fraction of sp³-hybridized carbons (Fsp3) is 0.125. The largest absolute Gasteiger partial charge is 0.366 e. The molecule has 8 heteroatoms. The topological polar surface area (TPSA) is 106 Å². The van der Waals surface area contributed by atoms with Crippen molar-refractivity contribution in [2.75, 3.05) is 0 Å². The molecule has 0 radical (unpaired) electrons. The van der Waals surface area contributed by atoms with Gasteiger partial charge < -0.3 is 5.73 Å². The normalized spacial score (nSPS) is 12.3. The monoisotopic (exact) mass is 346 g/mol. The summed E-state index contributed by atoms with van der Waals surface area (Å²) in [5, 5.41) is 7.17. The van der Waals surface area contributed by atoms with Gasteiger partial charge in [0.15, 0.2) is 0 Å². The molecule has 0 saturated carbocycles. The number of hydrogen-bond acceptors (Lipinski definition) is 5. The van der Waals surface area contributed by atoms with Crippen molar-refractivity contribution >= 4 is 22.3 Å². The first-order valence-corrected chi connectivity index (χ1v) is 8.53. The highest BCUT2D eigenvalue weighted by atomic mass is 32.2. The number of guanidine groups is 1. The van der Waals surface area contributed by atoms with Crippen molar-refractivity contribution in [1.29, 1.82) is 0 Å². The summed E-state index contributed by atoms with van der Waals surface area (Å²) in [6.07, 6.45) is 2.19. The van der Waals surface area contributed by atoms with Crippen LogP contribution in [0, 0.1) is 6.92 Å². The maximum Gasteiger partial charge on any atom is 0.358 e. The highest BCUT2D eigenvalue weighted by Gasteiger charge is 2.15. The van der Waals surface area contributed by atoms with Crippen LogP contribution < -0.4 is 11.2 Å². The second-order valence-corrected chi connectivity index (χ2v) is 6.46. The van der Waals surface area contributed by atoms with E-state index in [0.717, 1.165) is 11.1 Å². The van der Waals surface area contributed by atoms with Crippen LogP contribution in [-0.2, 0) is 20.8 Å². The third-order valence-corrected chi connectivity index (χ3v) is 4.10. The van der Waals surface area contributed by atoms with Crippen LogP contribution in [0.3, 0.4) is 0 Å². The summed E-state index contributed by atoms with van der Waals surface area (Å²) in [6, 6.07) is 15.9. The van der Waals surface area contributed by atoms with E-state index in [1.165, 1.54) is 12.1 Å². The van der Waals surface area contributed by atoms with E-state index in [2.05, 4.69) is 20.0 Å². The molecule has 0 aliphatic carbocycles. The van der Waals surface area contributed by atoms with Gasteiger partial charge in [-0.2, -0.15) is 13.5 Å². The number of nitrogens with one attached hydrogen (secondary N) is 1. The average Bonchev–Trinajstić information content (AvgIpc) is 2.58. The van der Waals surface area contributed by atoms with Crippen LogP contribution in [0.5, 0.6) is 0 Å². The summed E-state index contributed by atoms with van der Waals surface area (Å²) in [5.41, 5.74) is 9.91. The highest BCUT2D eigenvalue weighted by Crippen LogP contribution is 2.13. The molecule has 0 aliphatic rings. The predicted molar refractivity (Wildman–Crippen MR) is 92.8 cm³/mol. The lowest BCUT2D eigenvalue weighted by Gasteiger charge is -2.03. The van der Waals surface area contributed by atoms with Crippen molar-refractivity contribution in [2.24, 2.45) is 16.0 Å². The predicted octanol–water partition coefficient (Wildman–Crippen LogP) is 1.75. The summed E-state index contributed by atoms with van der Waals surface area (Å²) in [4.78, 5) is -0.00257. The number of nitrogens with two attached hydrogens (primary N) is 1. The van der Waals surface area contributed by atoms with Crippen LogP contribution in [-0.4, -0.2) is 20.6 Å². The Morgan fingerprint density at radius 2 is 1.83 bits per heavy atom. The summed E-state index contributed by atoms with van der Waals surface area (Å²) in [5.74, 6) is -0.269. The number of nitrogens with zero attached hydrogens (tertiary/aromatic N) is 2. The smallest absolute Gasteiger partial charge is 0.358 e. The van der Waals surface area contributed by atoms with E-state index < -0.39 is 10.1 Å². The molecular formula is C16H18N4O3S. The molecule has 2 aromatic carbocycles. The van der Waals surface area contributed by atoms with Gasteiger partial charge in [-0.3, -0.25) is 4.28 Å². The molecule has 0 aliphatic heterocycles. The summed E-state index contributed by atoms with van der Waals surface area (Å²) in [6.45, 7) is 1.85. The second-order valence-electron chi connectivity index (χ2n) is 4.93. The van der Waals surface area contributed by atoms with E-state index in [1.54, 1.807) is 18.3 Å². The number of rotatable bonds is 6. The zero-order chi connectivity index (χ0) is 17.4. The lowest BCUT2D eigenvalue weighted by molar-refractivity contribution is 0.336. The minimum Gasteiger partial charge on any atom is -0.366 e. The van der Waals surface area contributed by atoms with Crippen molar-refractivity contribution in [1.82, 2.24) is 5.43 Å². The Morgan fingerprint density at radius 1 is 1.17 bits per heavy atom. The van der Waals surface area contributed by atoms with Crippen LogP contribution in [0.4, 0.5) is 0 Å². The fourth-order valence-electron chi connectivity index (χ4n) is 1.73. The zero-order valence-electron chi connectivity index (χ0n) is 13.1. The molecule has 0 aromatic heterocycles. The molecule has 24 heavy (non-hydrogen) atoms. The van der Waals surface area contributed by atoms with Crippen molar-refractivity contribution < 1.29 is 12.7 Å². The molecule has 0 bridgehead atoms. The van der Waals surface area contributed by atoms with Gasteiger partial charge in [-0.1, -0.05) is 48.0 Å². The van der Waals surface area contributed by atoms with Gasteiger partial charge in [0, 0.05) is 12.6 Å². The molecule has 126 valence electrons. The average molecular weight is 346 g/mol. The third-order valence-electron chi connectivity index (χ3n) is 2.98. The molecule has 0 heterocycles. The first kappa shape index (κ1) is 17.5. The minimum absolute atomic E-state index is 0.00257. The van der Waals surface area contributed by atoms with Gasteiger partial charge in [-0.05, 0) is 29.8 Å². The Hall–Kier alpha value is -2.87. The van der Waals surface area contributed by atoms with Crippen LogP contribution >= 0.6 is 0 Å². The molecule has 0 saturated heterocycles. The minimum atomic E-state index is -4.01. The van der Waals surface area contributed by atoms with Crippen LogP contribution in [0.25, 0.3) is 0 Å². The Kier molecular flexibility index (Phi) is 5.91. The number of hydrazone groups is 1. The molecule has 0 spiro atoms. The van der Waals surface area contributed by atoms with Crippen molar-refractivity contribution in [2.45, 2.75) is 18.2 Å². The standard InChI is InChI=1S/C16H18N4O3S/c1-13-7-9-15(10-8-13)24(21,22)23-20-16(17)19-18-12-11-14-5-3-2-4-6-14/h2-10,12H,11H2,1H3,(H3,17,19,20). The van der Waals surface area contributed by atoms with Crippen molar-refractivity contribution in [3.63, 3.8) is 0 Å². The maximum atomic E-state index is 11.9. The number of aryl methyl sites for hydroxylation is 1. The van der Waals surface area contributed by atoms with E-state index in [0.29, 0.717) is 6.42 Å². The van der Waals surface area contributed by atoms with Gasteiger partial charge in [0.2, 0.25) is 0 Å². The van der Waals surface area contributed by atoms with Gasteiger partial charge in [-0.15, -0.1) is 0 Å². The fourth-order valence-corrected chi connectivity index (χ4v) is 2.47. The van der Waals surface area contributed by atoms with Crippen LogP contribution in [0.1, 0.15) is 11.1 Å². The summed E-state index contributed by atoms with van der Waals surface area (Å²) >= 11 is 0. The lowest BCUT2D eigenvalue weighted by Crippen LogP contribution is -2.28. The Morgan fingerprint density at radius 3 is 2.50 bits per heavy atom. The lowest BCUT2D eigenvalue weighted by atomic mass is 10.2. The third kappa shape index (κ3) is 5.40. The summed E-state index contributed by atoms with van der Waals surface area (Å²) < 4.78 is 28.4. The molecular weight excluding hydrogens is 328 g/mol. The molecule has 0 atom stereocenters. The second kappa shape index (κ2) is 8.11. The zero-order valence-corrected chi connectivity index (χ0v) is 13.9. The molecule has 2 rings (SSSR count). The molecule has 0 unspecified atom stereocenters. The SMILES string of the molecule is Cc1ccc(S(=O)(=O)ON=C(N)NN=CCc2ccccc2)cc1. The van der Waals surface area contributed by atoms with E-state index in [9.17, 15) is 8.42 Å². The maximum absolute atomic E-state index is 11.9. The molecule has 2 aromatic rings.